The highest BCUT2D eigenvalue weighted by atomic mass is 35.5. The maximum Gasteiger partial charge on any atom is 0.435 e. The molecule has 0 aliphatic heterocycles. The number of aromatic nitrogens is 6. The second-order valence-corrected chi connectivity index (χ2v) is 8.29. The number of alkyl halides is 6. The summed E-state index contributed by atoms with van der Waals surface area (Å²) in [5, 5.41) is 9.99. The summed E-state index contributed by atoms with van der Waals surface area (Å²) in [6.45, 7) is 1.55. The molecule has 0 fully saturated rings. The van der Waals surface area contributed by atoms with Crippen LogP contribution < -0.4 is 5.32 Å². The van der Waals surface area contributed by atoms with E-state index in [0.717, 1.165) is 23.0 Å². The predicted octanol–water partition coefficient (Wildman–Crippen LogP) is 4.68. The van der Waals surface area contributed by atoms with E-state index in [4.69, 9.17) is 11.6 Å². The van der Waals surface area contributed by atoms with Gasteiger partial charge in [0.1, 0.15) is 6.33 Å². The minimum atomic E-state index is -4.59. The van der Waals surface area contributed by atoms with E-state index >= 15 is 0 Å². The highest BCUT2D eigenvalue weighted by Crippen LogP contribution is 2.37. The SMILES string of the molecule is CC(NC(=O)C1=CC(C(F)(F)F)CC(Cl)=C1)c1ncnn1-c1ccc(-n2ccc(C(F)(F)F)n2)cn1. The minimum absolute atomic E-state index is 0.0929. The summed E-state index contributed by atoms with van der Waals surface area (Å²) in [6.07, 6.45) is -3.98. The molecule has 2 atom stereocenters. The second kappa shape index (κ2) is 9.41. The van der Waals surface area contributed by atoms with Gasteiger partial charge in [0.15, 0.2) is 17.3 Å². The number of carbonyl (C=O) groups is 1. The Kier molecular flexibility index (Phi) is 6.64. The molecule has 4 rings (SSSR count). The molecule has 1 aliphatic rings. The number of carbonyl (C=O) groups excluding carboxylic acids is 1. The van der Waals surface area contributed by atoms with Crippen molar-refractivity contribution in [1.29, 1.82) is 0 Å². The van der Waals surface area contributed by atoms with E-state index in [1.54, 1.807) is 6.92 Å². The summed E-state index contributed by atoms with van der Waals surface area (Å²) in [6, 6.07) is 2.94. The zero-order valence-corrected chi connectivity index (χ0v) is 19.0. The molecule has 2 unspecified atom stereocenters. The van der Waals surface area contributed by atoms with Crippen molar-refractivity contribution in [3.05, 3.63) is 71.2 Å². The third-order valence-electron chi connectivity index (χ3n) is 5.19. The Hall–Kier alpha value is -3.68. The summed E-state index contributed by atoms with van der Waals surface area (Å²) in [7, 11) is 0. The van der Waals surface area contributed by atoms with Crippen LogP contribution >= 0.6 is 11.6 Å². The van der Waals surface area contributed by atoms with Crippen molar-refractivity contribution >= 4 is 17.5 Å². The van der Waals surface area contributed by atoms with Gasteiger partial charge in [-0.1, -0.05) is 17.7 Å². The number of rotatable bonds is 5. The van der Waals surface area contributed by atoms with E-state index in [1.807, 2.05) is 0 Å². The standard InChI is InChI=1S/C21H16ClF6N7O/c1-11(32-19(36)12-6-13(20(23,24)25)8-14(22)7-12)18-30-10-31-35(18)17-3-2-15(9-29-17)34-5-4-16(33-34)21(26,27)28/h2-7,9-11,13H,8H2,1H3,(H,32,36). The summed E-state index contributed by atoms with van der Waals surface area (Å²) in [5.74, 6) is -2.22. The molecule has 190 valence electrons. The van der Waals surface area contributed by atoms with E-state index in [9.17, 15) is 31.1 Å². The fraction of sp³-hybridized carbons (Fsp3) is 0.286. The summed E-state index contributed by atoms with van der Waals surface area (Å²) < 4.78 is 80.0. The Morgan fingerprint density at radius 3 is 2.53 bits per heavy atom. The van der Waals surface area contributed by atoms with E-state index < -0.39 is 42.3 Å². The van der Waals surface area contributed by atoms with Gasteiger partial charge in [0.25, 0.3) is 5.91 Å². The van der Waals surface area contributed by atoms with Crippen LogP contribution in [0.25, 0.3) is 11.5 Å². The summed E-state index contributed by atoms with van der Waals surface area (Å²) in [4.78, 5) is 20.9. The van der Waals surface area contributed by atoms with Crippen molar-refractivity contribution in [2.45, 2.75) is 31.7 Å². The van der Waals surface area contributed by atoms with Gasteiger partial charge in [-0.15, -0.1) is 0 Å². The first-order chi connectivity index (χ1) is 16.8. The molecule has 3 heterocycles. The molecular weight excluding hydrogens is 516 g/mol. The molecule has 0 saturated carbocycles. The largest absolute Gasteiger partial charge is 0.435 e. The Labute approximate surface area is 204 Å². The first kappa shape index (κ1) is 25.4. The Bertz CT molecular complexity index is 1320. The van der Waals surface area contributed by atoms with Crippen LogP contribution in [0, 0.1) is 5.92 Å². The molecule has 0 spiro atoms. The van der Waals surface area contributed by atoms with Gasteiger partial charge >= 0.3 is 12.4 Å². The number of hydrogen-bond acceptors (Lipinski definition) is 5. The Morgan fingerprint density at radius 1 is 1.17 bits per heavy atom. The lowest BCUT2D eigenvalue weighted by atomic mass is 9.95. The molecule has 15 heteroatoms. The maximum absolute atomic E-state index is 13.1. The number of halogens is 7. The lowest BCUT2D eigenvalue weighted by Crippen LogP contribution is -2.32. The first-order valence-electron chi connectivity index (χ1n) is 10.3. The third-order valence-corrected chi connectivity index (χ3v) is 5.46. The van der Waals surface area contributed by atoms with Crippen LogP contribution in [0.4, 0.5) is 26.3 Å². The molecule has 3 aromatic heterocycles. The number of amides is 1. The lowest BCUT2D eigenvalue weighted by Gasteiger charge is -2.22. The first-order valence-corrected chi connectivity index (χ1v) is 10.7. The zero-order valence-electron chi connectivity index (χ0n) is 18.2. The Morgan fingerprint density at radius 2 is 1.92 bits per heavy atom. The van der Waals surface area contributed by atoms with Gasteiger partial charge in [-0.05, 0) is 37.6 Å². The predicted molar refractivity (Wildman–Crippen MR) is 114 cm³/mol. The van der Waals surface area contributed by atoms with Crippen molar-refractivity contribution in [2.24, 2.45) is 5.92 Å². The third kappa shape index (κ3) is 5.42. The molecule has 1 aliphatic carbocycles. The van der Waals surface area contributed by atoms with Gasteiger partial charge in [-0.3, -0.25) is 4.79 Å². The average molecular weight is 532 g/mol. The maximum atomic E-state index is 13.1. The highest BCUT2D eigenvalue weighted by Gasteiger charge is 2.40. The van der Waals surface area contributed by atoms with Crippen LogP contribution in [-0.2, 0) is 11.0 Å². The number of hydrogen-bond donors (Lipinski definition) is 1. The fourth-order valence-electron chi connectivity index (χ4n) is 3.44. The number of allylic oxidation sites excluding steroid dienone is 2. The van der Waals surface area contributed by atoms with Crippen LogP contribution in [0.1, 0.15) is 30.9 Å². The van der Waals surface area contributed by atoms with Crippen molar-refractivity contribution in [3.8, 4) is 11.5 Å². The summed E-state index contributed by atoms with van der Waals surface area (Å²) >= 11 is 5.82. The molecule has 0 aromatic carbocycles. The number of nitrogens with one attached hydrogen (secondary N) is 1. The van der Waals surface area contributed by atoms with Crippen molar-refractivity contribution in [1.82, 2.24) is 34.8 Å². The lowest BCUT2D eigenvalue weighted by molar-refractivity contribution is -0.160. The highest BCUT2D eigenvalue weighted by molar-refractivity contribution is 6.30. The van der Waals surface area contributed by atoms with Crippen molar-refractivity contribution < 1.29 is 31.1 Å². The van der Waals surface area contributed by atoms with Crippen LogP contribution in [0.5, 0.6) is 0 Å². The molecule has 36 heavy (non-hydrogen) atoms. The second-order valence-electron chi connectivity index (χ2n) is 7.81. The molecule has 0 bridgehead atoms. The van der Waals surface area contributed by atoms with Gasteiger partial charge < -0.3 is 5.32 Å². The van der Waals surface area contributed by atoms with Crippen LogP contribution in [0.3, 0.4) is 0 Å². The van der Waals surface area contributed by atoms with Crippen LogP contribution in [0.15, 0.2) is 59.7 Å². The molecular formula is C21H16ClF6N7O. The number of pyridine rings is 1. The monoisotopic (exact) mass is 531 g/mol. The smallest absolute Gasteiger partial charge is 0.342 e. The van der Waals surface area contributed by atoms with Gasteiger partial charge in [-0.25, -0.2) is 14.6 Å². The van der Waals surface area contributed by atoms with Crippen LogP contribution in [0.2, 0.25) is 0 Å². The van der Waals surface area contributed by atoms with Crippen molar-refractivity contribution in [3.63, 3.8) is 0 Å². The fourth-order valence-corrected chi connectivity index (χ4v) is 3.72. The normalized spacial score (nSPS) is 17.4. The average Bonchev–Trinajstić information content (AvgIpc) is 3.48. The minimum Gasteiger partial charge on any atom is -0.342 e. The Balaban J connectivity index is 1.51. The van der Waals surface area contributed by atoms with E-state index in [0.29, 0.717) is 0 Å². The van der Waals surface area contributed by atoms with Gasteiger partial charge in [0.05, 0.1) is 23.8 Å². The van der Waals surface area contributed by atoms with Gasteiger partial charge in [-0.2, -0.15) is 41.2 Å². The molecule has 0 radical (unpaired) electrons. The molecule has 3 aromatic rings. The topological polar surface area (TPSA) is 90.5 Å². The molecule has 0 saturated heterocycles. The van der Waals surface area contributed by atoms with Crippen LogP contribution in [-0.4, -0.2) is 41.6 Å². The number of nitrogens with zero attached hydrogens (tertiary/aromatic N) is 6. The molecule has 1 N–H and O–H groups in total. The van der Waals surface area contributed by atoms with E-state index in [1.165, 1.54) is 35.4 Å². The van der Waals surface area contributed by atoms with Crippen molar-refractivity contribution in [2.75, 3.05) is 0 Å². The molecule has 1 amide bonds. The quantitative estimate of drug-likeness (QED) is 0.483. The zero-order chi connectivity index (χ0) is 26.3. The van der Waals surface area contributed by atoms with E-state index in [2.05, 4.69) is 25.5 Å². The summed E-state index contributed by atoms with van der Waals surface area (Å²) in [5.41, 5.74) is -1.03. The van der Waals surface area contributed by atoms with Gasteiger partial charge in [0, 0.05) is 16.8 Å². The van der Waals surface area contributed by atoms with E-state index in [-0.39, 0.29) is 27.9 Å². The molecule has 8 nitrogen and oxygen atoms in total. The van der Waals surface area contributed by atoms with Gasteiger partial charge in [0.2, 0.25) is 0 Å².